The second-order valence-electron chi connectivity index (χ2n) is 4.55. The third-order valence-electron chi connectivity index (χ3n) is 2.97. The minimum Gasteiger partial charge on any atom is -0.390 e. The molecule has 1 N–H and O–H groups in total. The van der Waals surface area contributed by atoms with E-state index < -0.39 is 0 Å². The summed E-state index contributed by atoms with van der Waals surface area (Å²) in [4.78, 5) is 6.73. The highest BCUT2D eigenvalue weighted by atomic mass is 16.3. The van der Waals surface area contributed by atoms with Crippen molar-refractivity contribution in [2.45, 2.75) is 19.6 Å². The van der Waals surface area contributed by atoms with Crippen molar-refractivity contribution in [2.75, 3.05) is 13.1 Å². The lowest BCUT2D eigenvalue weighted by Crippen LogP contribution is -2.49. The fourth-order valence-electron chi connectivity index (χ4n) is 2.13. The second-order valence-corrected chi connectivity index (χ2v) is 4.55. The first-order valence-electron chi connectivity index (χ1n) is 5.55. The molecule has 1 aliphatic heterocycles. The van der Waals surface area contributed by atoms with Crippen LogP contribution in [0.5, 0.6) is 0 Å². The summed E-state index contributed by atoms with van der Waals surface area (Å²) in [6, 6.07) is 4.10. The van der Waals surface area contributed by atoms with Gasteiger partial charge in [0, 0.05) is 32.0 Å². The number of rotatable bonds is 2. The Kier molecular flexibility index (Phi) is 2.19. The summed E-state index contributed by atoms with van der Waals surface area (Å²) < 4.78 is 2.06. The average Bonchev–Trinajstić information content (AvgIpc) is 2.57. The van der Waals surface area contributed by atoms with Crippen LogP contribution in [0.25, 0.3) is 5.65 Å². The summed E-state index contributed by atoms with van der Waals surface area (Å²) in [6.07, 6.45) is 4.00. The van der Waals surface area contributed by atoms with Gasteiger partial charge >= 0.3 is 0 Å². The Morgan fingerprint density at radius 1 is 1.38 bits per heavy atom. The van der Waals surface area contributed by atoms with E-state index in [1.165, 1.54) is 5.56 Å². The number of pyridine rings is 1. The molecule has 0 amide bonds. The first-order chi connectivity index (χ1) is 7.70. The maximum Gasteiger partial charge on any atom is 0.137 e. The lowest BCUT2D eigenvalue weighted by atomic mass is 10.1. The number of likely N-dealkylation sites (tertiary alicyclic amines) is 1. The third kappa shape index (κ3) is 1.70. The van der Waals surface area contributed by atoms with E-state index in [4.69, 9.17) is 0 Å². The minimum absolute atomic E-state index is 0.140. The van der Waals surface area contributed by atoms with Gasteiger partial charge in [-0.2, -0.15) is 0 Å². The molecule has 4 heteroatoms. The van der Waals surface area contributed by atoms with E-state index in [0.29, 0.717) is 0 Å². The molecule has 16 heavy (non-hydrogen) atoms. The van der Waals surface area contributed by atoms with Gasteiger partial charge in [-0.05, 0) is 18.6 Å². The Bertz CT molecular complexity index is 514. The molecule has 0 atom stereocenters. The smallest absolute Gasteiger partial charge is 0.137 e. The molecular formula is C12H15N3O. The number of β-amino-alcohol motifs (C(OH)–C–C–N with tert-alkyl or cyclic N) is 1. The molecule has 0 unspecified atom stereocenters. The average molecular weight is 217 g/mol. The summed E-state index contributed by atoms with van der Waals surface area (Å²) in [5, 5.41) is 9.21. The first-order valence-corrected chi connectivity index (χ1v) is 5.55. The maximum atomic E-state index is 9.21. The predicted octanol–water partition coefficient (Wildman–Crippen LogP) is 0.819. The molecule has 4 nitrogen and oxygen atoms in total. The van der Waals surface area contributed by atoms with Gasteiger partial charge in [0.05, 0.1) is 11.8 Å². The van der Waals surface area contributed by atoms with Gasteiger partial charge in [-0.1, -0.05) is 6.07 Å². The van der Waals surface area contributed by atoms with Gasteiger partial charge in [-0.25, -0.2) is 4.98 Å². The third-order valence-corrected chi connectivity index (χ3v) is 2.97. The highest BCUT2D eigenvalue weighted by Crippen LogP contribution is 2.13. The lowest BCUT2D eigenvalue weighted by Gasteiger charge is -2.35. The number of aliphatic hydroxyl groups is 1. The molecule has 1 fully saturated rings. The molecule has 1 saturated heterocycles. The van der Waals surface area contributed by atoms with Crippen molar-refractivity contribution in [3.05, 3.63) is 35.8 Å². The van der Waals surface area contributed by atoms with E-state index in [2.05, 4.69) is 39.7 Å². The number of aliphatic hydroxyl groups excluding tert-OH is 1. The lowest BCUT2D eigenvalue weighted by molar-refractivity contribution is -0.00345. The largest absolute Gasteiger partial charge is 0.390 e. The fraction of sp³-hybridized carbons (Fsp3) is 0.417. The van der Waals surface area contributed by atoms with Gasteiger partial charge in [0.1, 0.15) is 5.65 Å². The molecular weight excluding hydrogens is 202 g/mol. The zero-order chi connectivity index (χ0) is 11.1. The molecule has 2 aromatic heterocycles. The van der Waals surface area contributed by atoms with E-state index in [-0.39, 0.29) is 6.10 Å². The molecule has 0 saturated carbocycles. The van der Waals surface area contributed by atoms with E-state index in [1.807, 2.05) is 6.07 Å². The number of aryl methyl sites for hydroxylation is 1. The topological polar surface area (TPSA) is 40.8 Å². The number of imidazole rings is 1. The minimum atomic E-state index is -0.140. The van der Waals surface area contributed by atoms with E-state index in [1.54, 1.807) is 0 Å². The van der Waals surface area contributed by atoms with Crippen molar-refractivity contribution in [1.82, 2.24) is 14.3 Å². The fourth-order valence-corrected chi connectivity index (χ4v) is 2.13. The molecule has 3 heterocycles. The number of nitrogens with zero attached hydrogens (tertiary/aromatic N) is 3. The number of aromatic nitrogens is 2. The van der Waals surface area contributed by atoms with Crippen LogP contribution in [0, 0.1) is 6.92 Å². The quantitative estimate of drug-likeness (QED) is 0.809. The van der Waals surface area contributed by atoms with Crippen LogP contribution < -0.4 is 0 Å². The van der Waals surface area contributed by atoms with Crippen LogP contribution in [0.3, 0.4) is 0 Å². The molecule has 0 aliphatic carbocycles. The van der Waals surface area contributed by atoms with Crippen LogP contribution in [0.4, 0.5) is 0 Å². The maximum absolute atomic E-state index is 9.21. The van der Waals surface area contributed by atoms with Gasteiger partial charge in [-0.15, -0.1) is 0 Å². The van der Waals surface area contributed by atoms with Crippen molar-refractivity contribution in [1.29, 1.82) is 0 Å². The molecule has 0 spiro atoms. The summed E-state index contributed by atoms with van der Waals surface area (Å²) >= 11 is 0. The van der Waals surface area contributed by atoms with Gasteiger partial charge in [0.2, 0.25) is 0 Å². The Hall–Kier alpha value is -1.39. The zero-order valence-electron chi connectivity index (χ0n) is 9.30. The van der Waals surface area contributed by atoms with Crippen molar-refractivity contribution < 1.29 is 5.11 Å². The second kappa shape index (κ2) is 3.57. The number of hydrogen-bond acceptors (Lipinski definition) is 3. The molecule has 2 aromatic rings. The summed E-state index contributed by atoms with van der Waals surface area (Å²) in [5.74, 6) is 0. The van der Waals surface area contributed by atoms with Crippen molar-refractivity contribution in [3.8, 4) is 0 Å². The molecule has 0 aromatic carbocycles. The van der Waals surface area contributed by atoms with Gasteiger partial charge in [-0.3, -0.25) is 4.90 Å². The van der Waals surface area contributed by atoms with Crippen LogP contribution in [0.2, 0.25) is 0 Å². The predicted molar refractivity (Wildman–Crippen MR) is 61.2 cm³/mol. The number of hydrogen-bond donors (Lipinski definition) is 1. The van der Waals surface area contributed by atoms with Crippen LogP contribution >= 0.6 is 0 Å². The number of fused-ring (bicyclic) bond motifs is 1. The first kappa shape index (κ1) is 9.81. The Balaban J connectivity index is 1.82. The summed E-state index contributed by atoms with van der Waals surface area (Å²) in [5.41, 5.74) is 3.29. The molecule has 84 valence electrons. The van der Waals surface area contributed by atoms with E-state index in [0.717, 1.165) is 31.0 Å². The monoisotopic (exact) mass is 217 g/mol. The molecule has 1 aliphatic rings. The van der Waals surface area contributed by atoms with Crippen LogP contribution in [0.1, 0.15) is 11.3 Å². The van der Waals surface area contributed by atoms with E-state index >= 15 is 0 Å². The van der Waals surface area contributed by atoms with Crippen molar-refractivity contribution in [3.63, 3.8) is 0 Å². The molecule has 3 rings (SSSR count). The van der Waals surface area contributed by atoms with Crippen LogP contribution in [0.15, 0.2) is 24.5 Å². The molecule has 0 radical (unpaired) electrons. The van der Waals surface area contributed by atoms with Crippen molar-refractivity contribution >= 4 is 5.65 Å². The zero-order valence-corrected chi connectivity index (χ0v) is 9.30. The van der Waals surface area contributed by atoms with Crippen molar-refractivity contribution in [2.24, 2.45) is 0 Å². The molecule has 0 bridgehead atoms. The van der Waals surface area contributed by atoms with Gasteiger partial charge in [0.25, 0.3) is 0 Å². The highest BCUT2D eigenvalue weighted by molar-refractivity contribution is 5.41. The Morgan fingerprint density at radius 2 is 2.19 bits per heavy atom. The van der Waals surface area contributed by atoms with Gasteiger partial charge in [0.15, 0.2) is 0 Å². The van der Waals surface area contributed by atoms with Crippen LogP contribution in [-0.4, -0.2) is 38.6 Å². The van der Waals surface area contributed by atoms with E-state index in [9.17, 15) is 5.11 Å². The highest BCUT2D eigenvalue weighted by Gasteiger charge is 2.24. The Labute approximate surface area is 94.1 Å². The summed E-state index contributed by atoms with van der Waals surface area (Å²) in [6.45, 7) is 4.45. The Morgan fingerprint density at radius 3 is 2.94 bits per heavy atom. The van der Waals surface area contributed by atoms with Gasteiger partial charge < -0.3 is 9.51 Å². The SMILES string of the molecule is Cc1ccc2nc(CN3CC(O)C3)cn2c1. The normalized spacial score (nSPS) is 17.9. The van der Waals surface area contributed by atoms with Crippen LogP contribution in [-0.2, 0) is 6.54 Å². The summed E-state index contributed by atoms with van der Waals surface area (Å²) in [7, 11) is 0. The standard InChI is InChI=1S/C12H15N3O/c1-9-2-3-12-13-10(6-15(12)4-9)5-14-7-11(16)8-14/h2-4,6,11,16H,5,7-8H2,1H3.